The van der Waals surface area contributed by atoms with Gasteiger partial charge in [0.25, 0.3) is 0 Å². The molecule has 0 amide bonds. The summed E-state index contributed by atoms with van der Waals surface area (Å²) in [4.78, 5) is 0. The molecule has 116 valence electrons. The molecule has 0 aliphatic carbocycles. The number of ether oxygens (including phenoxy) is 2. The Hall–Kier alpha value is 0.719. The van der Waals surface area contributed by atoms with Gasteiger partial charge < -0.3 is 0 Å². The molecule has 0 unspecified atom stereocenters. The molecule has 0 aliphatic heterocycles. The first kappa shape index (κ1) is 19.7. The van der Waals surface area contributed by atoms with Crippen LogP contribution in [0.5, 0.6) is 0 Å². The van der Waals surface area contributed by atoms with Crippen molar-refractivity contribution >= 4 is 18.4 Å². The quantitative estimate of drug-likeness (QED) is 0.311. The SMILES string of the molecule is CCC[CH2][Sn]([CH2]CCC)([CH2]CCC)[CH2]OCCOC. The second kappa shape index (κ2) is 13.7. The molecule has 0 fully saturated rings. The molecule has 0 N–H and O–H groups in total. The van der Waals surface area contributed by atoms with Gasteiger partial charge in [0.05, 0.1) is 0 Å². The Balaban J connectivity index is 4.38. The van der Waals surface area contributed by atoms with E-state index in [0.29, 0.717) is 0 Å². The zero-order valence-corrected chi connectivity index (χ0v) is 16.7. The molecule has 0 rings (SSSR count). The second-order valence-corrected chi connectivity index (χ2v) is 19.5. The Morgan fingerprint density at radius 3 is 1.58 bits per heavy atom. The fourth-order valence-corrected chi connectivity index (χ4v) is 17.2. The van der Waals surface area contributed by atoms with E-state index in [2.05, 4.69) is 20.8 Å². The van der Waals surface area contributed by atoms with Gasteiger partial charge in [-0.25, -0.2) is 0 Å². The number of hydrogen-bond acceptors (Lipinski definition) is 2. The van der Waals surface area contributed by atoms with Gasteiger partial charge in [0.1, 0.15) is 0 Å². The fourth-order valence-electron chi connectivity index (χ4n) is 2.68. The van der Waals surface area contributed by atoms with Gasteiger partial charge in [-0.05, 0) is 0 Å². The van der Waals surface area contributed by atoms with Gasteiger partial charge >= 0.3 is 125 Å². The molecule has 0 aromatic heterocycles. The monoisotopic (exact) mass is 380 g/mol. The zero-order valence-electron chi connectivity index (χ0n) is 13.8. The molecule has 0 saturated carbocycles. The minimum absolute atomic E-state index is 0.747. The summed E-state index contributed by atoms with van der Waals surface area (Å²) in [6.07, 6.45) is 8.31. The summed E-state index contributed by atoms with van der Waals surface area (Å²) in [6.45, 7) is 8.50. The van der Waals surface area contributed by atoms with E-state index in [1.807, 2.05) is 0 Å². The van der Waals surface area contributed by atoms with Crippen LogP contribution in [0.25, 0.3) is 0 Å². The van der Waals surface area contributed by atoms with Gasteiger partial charge in [-0.3, -0.25) is 0 Å². The van der Waals surface area contributed by atoms with Crippen LogP contribution in [0.4, 0.5) is 0 Å². The molecular formula is C16H36O2Sn. The van der Waals surface area contributed by atoms with E-state index in [-0.39, 0.29) is 0 Å². The van der Waals surface area contributed by atoms with Gasteiger partial charge in [-0.1, -0.05) is 0 Å². The van der Waals surface area contributed by atoms with Crippen LogP contribution in [0.1, 0.15) is 59.3 Å². The van der Waals surface area contributed by atoms with Crippen LogP contribution < -0.4 is 0 Å². The van der Waals surface area contributed by atoms with Gasteiger partial charge in [0, 0.05) is 0 Å². The van der Waals surface area contributed by atoms with Crippen molar-refractivity contribution in [2.24, 2.45) is 0 Å². The van der Waals surface area contributed by atoms with Crippen LogP contribution in [-0.2, 0) is 9.47 Å². The summed E-state index contributed by atoms with van der Waals surface area (Å²) in [5.74, 6) is 0. The van der Waals surface area contributed by atoms with E-state index < -0.39 is 18.4 Å². The Kier molecular flexibility index (Phi) is 14.2. The predicted octanol–water partition coefficient (Wildman–Crippen LogP) is 5.04. The van der Waals surface area contributed by atoms with Crippen LogP contribution in [0, 0.1) is 0 Å². The molecular weight excluding hydrogens is 343 g/mol. The van der Waals surface area contributed by atoms with E-state index in [1.165, 1.54) is 51.8 Å². The fraction of sp³-hybridized carbons (Fsp3) is 1.00. The van der Waals surface area contributed by atoms with E-state index >= 15 is 0 Å². The summed E-state index contributed by atoms with van der Waals surface area (Å²) < 4.78 is 16.9. The normalized spacial score (nSPS) is 12.0. The van der Waals surface area contributed by atoms with Crippen LogP contribution in [0.15, 0.2) is 0 Å². The first-order valence-corrected chi connectivity index (χ1v) is 16.4. The third-order valence-electron chi connectivity index (χ3n) is 4.02. The van der Waals surface area contributed by atoms with E-state index in [9.17, 15) is 0 Å². The van der Waals surface area contributed by atoms with Gasteiger partial charge in [-0.15, -0.1) is 0 Å². The molecule has 0 heterocycles. The topological polar surface area (TPSA) is 18.5 Å². The maximum atomic E-state index is 6.00. The second-order valence-electron chi connectivity index (χ2n) is 5.86. The standard InChI is InChI=1S/C4H9O2.3C4H9.Sn/c1-5-3-4-6-2;3*1-3-4-2;/h1,3-4H2,2H3;3*1,3-4H2,2H3;. The summed E-state index contributed by atoms with van der Waals surface area (Å²) in [7, 11) is 1.76. The van der Waals surface area contributed by atoms with Crippen LogP contribution >= 0.6 is 0 Å². The molecule has 0 atom stereocenters. The third kappa shape index (κ3) is 10.1. The molecule has 19 heavy (non-hydrogen) atoms. The van der Waals surface area contributed by atoms with E-state index in [0.717, 1.165) is 17.8 Å². The molecule has 2 nitrogen and oxygen atoms in total. The van der Waals surface area contributed by atoms with Crippen molar-refractivity contribution in [3.63, 3.8) is 0 Å². The van der Waals surface area contributed by atoms with Crippen molar-refractivity contribution in [2.45, 2.75) is 72.6 Å². The van der Waals surface area contributed by atoms with Gasteiger partial charge in [0.15, 0.2) is 0 Å². The third-order valence-corrected chi connectivity index (χ3v) is 18.5. The van der Waals surface area contributed by atoms with Crippen LogP contribution in [-0.4, -0.2) is 43.3 Å². The van der Waals surface area contributed by atoms with E-state index in [4.69, 9.17) is 9.47 Å². The average Bonchev–Trinajstić information content (AvgIpc) is 2.44. The Morgan fingerprint density at radius 2 is 1.21 bits per heavy atom. The van der Waals surface area contributed by atoms with Crippen LogP contribution in [0.3, 0.4) is 0 Å². The van der Waals surface area contributed by atoms with Crippen molar-refractivity contribution in [1.29, 1.82) is 0 Å². The molecule has 0 aliphatic rings. The van der Waals surface area contributed by atoms with Crippen molar-refractivity contribution in [3.05, 3.63) is 0 Å². The molecule has 0 radical (unpaired) electrons. The predicted molar refractivity (Wildman–Crippen MR) is 87.6 cm³/mol. The Labute approximate surface area is 125 Å². The number of unbranched alkanes of at least 4 members (excludes halogenated alkanes) is 3. The number of hydrogen-bond donors (Lipinski definition) is 0. The van der Waals surface area contributed by atoms with Crippen molar-refractivity contribution in [3.8, 4) is 0 Å². The Morgan fingerprint density at radius 1 is 0.737 bits per heavy atom. The molecule has 0 aromatic carbocycles. The molecule has 0 spiro atoms. The minimum atomic E-state index is -2.01. The van der Waals surface area contributed by atoms with Crippen LogP contribution in [0.2, 0.25) is 13.3 Å². The summed E-state index contributed by atoms with van der Waals surface area (Å²) in [6, 6.07) is 0. The van der Waals surface area contributed by atoms with E-state index in [1.54, 1.807) is 7.11 Å². The maximum absolute atomic E-state index is 6.00. The molecule has 0 saturated heterocycles. The number of methoxy groups -OCH3 is 1. The average molecular weight is 379 g/mol. The first-order chi connectivity index (χ1) is 9.24. The van der Waals surface area contributed by atoms with Crippen molar-refractivity contribution in [2.75, 3.05) is 24.9 Å². The van der Waals surface area contributed by atoms with Gasteiger partial charge in [-0.2, -0.15) is 0 Å². The number of rotatable bonds is 14. The summed E-state index contributed by atoms with van der Waals surface area (Å²) in [5, 5.41) is 0. The van der Waals surface area contributed by atoms with Crippen molar-refractivity contribution in [1.82, 2.24) is 0 Å². The summed E-state index contributed by atoms with van der Waals surface area (Å²) >= 11 is -2.01. The summed E-state index contributed by atoms with van der Waals surface area (Å²) in [5.41, 5.74) is 0. The molecule has 0 aromatic rings. The molecule has 3 heteroatoms. The zero-order chi connectivity index (χ0) is 14.4. The Bertz CT molecular complexity index is 164. The van der Waals surface area contributed by atoms with Crippen molar-refractivity contribution < 1.29 is 9.47 Å². The molecule has 0 bridgehead atoms. The first-order valence-electron chi connectivity index (χ1n) is 8.31. The van der Waals surface area contributed by atoms with Gasteiger partial charge in [0.2, 0.25) is 0 Å².